The van der Waals surface area contributed by atoms with Gasteiger partial charge >= 0.3 is 12.0 Å². The third-order valence-corrected chi connectivity index (χ3v) is 3.02. The molecule has 0 aliphatic heterocycles. The molecule has 23 heavy (non-hydrogen) atoms. The van der Waals surface area contributed by atoms with Crippen molar-refractivity contribution in [1.29, 1.82) is 0 Å². The monoisotopic (exact) mass is 321 g/mol. The van der Waals surface area contributed by atoms with Gasteiger partial charge in [0.1, 0.15) is 0 Å². The van der Waals surface area contributed by atoms with Gasteiger partial charge in [-0.3, -0.25) is 9.59 Å². The summed E-state index contributed by atoms with van der Waals surface area (Å²) in [6, 6.07) is 6.31. The summed E-state index contributed by atoms with van der Waals surface area (Å²) >= 11 is 0. The van der Waals surface area contributed by atoms with Crippen LogP contribution >= 0.6 is 0 Å². The van der Waals surface area contributed by atoms with Gasteiger partial charge in [0.25, 0.3) is 5.91 Å². The average Bonchev–Trinajstić information content (AvgIpc) is 2.45. The molecule has 0 aliphatic carbocycles. The molecule has 0 aliphatic rings. The third kappa shape index (κ3) is 6.82. The van der Waals surface area contributed by atoms with E-state index in [4.69, 9.17) is 5.11 Å². The van der Waals surface area contributed by atoms with E-state index in [2.05, 4.69) is 10.6 Å². The number of carbonyl (C=O) groups excluding carboxylic acids is 2. The van der Waals surface area contributed by atoms with Gasteiger partial charge in [0, 0.05) is 37.3 Å². The zero-order chi connectivity index (χ0) is 17.4. The smallest absolute Gasteiger partial charge is 0.319 e. The Kier molecular flexibility index (Phi) is 7.05. The van der Waals surface area contributed by atoms with Crippen molar-refractivity contribution in [1.82, 2.24) is 10.2 Å². The van der Waals surface area contributed by atoms with Gasteiger partial charge in [0.2, 0.25) is 0 Å². The molecule has 0 bridgehead atoms. The number of hydrogen-bond acceptors (Lipinski definition) is 3. The van der Waals surface area contributed by atoms with Crippen LogP contribution in [0.5, 0.6) is 0 Å². The van der Waals surface area contributed by atoms with E-state index < -0.39 is 5.97 Å². The molecule has 1 aromatic carbocycles. The normalized spacial score (nSPS) is 10.3. The molecule has 0 atom stereocenters. The summed E-state index contributed by atoms with van der Waals surface area (Å²) in [5, 5.41) is 14.0. The Morgan fingerprint density at radius 3 is 2.57 bits per heavy atom. The molecule has 3 amide bonds. The maximum absolute atomic E-state index is 12.3. The number of carbonyl (C=O) groups is 3. The molecular weight excluding hydrogens is 298 g/mol. The minimum Gasteiger partial charge on any atom is -0.481 e. The Morgan fingerprint density at radius 1 is 1.26 bits per heavy atom. The Bertz CT molecular complexity index is 572. The third-order valence-electron chi connectivity index (χ3n) is 3.02. The molecule has 7 nitrogen and oxygen atoms in total. The molecular formula is C16H23N3O4. The van der Waals surface area contributed by atoms with Crippen LogP contribution in [-0.4, -0.2) is 47.5 Å². The molecule has 3 N–H and O–H groups in total. The van der Waals surface area contributed by atoms with Crippen molar-refractivity contribution in [2.45, 2.75) is 32.7 Å². The van der Waals surface area contributed by atoms with E-state index in [9.17, 15) is 14.4 Å². The van der Waals surface area contributed by atoms with E-state index >= 15 is 0 Å². The topological polar surface area (TPSA) is 98.7 Å². The van der Waals surface area contributed by atoms with Crippen molar-refractivity contribution in [2.24, 2.45) is 0 Å². The molecule has 0 radical (unpaired) electrons. The number of carboxylic acids is 1. The molecule has 0 saturated carbocycles. The molecule has 0 spiro atoms. The molecule has 1 aromatic rings. The highest BCUT2D eigenvalue weighted by Gasteiger charge is 2.13. The zero-order valence-electron chi connectivity index (χ0n) is 13.6. The lowest BCUT2D eigenvalue weighted by molar-refractivity contribution is -0.137. The second-order valence-corrected chi connectivity index (χ2v) is 5.56. The van der Waals surface area contributed by atoms with E-state index in [-0.39, 0.29) is 24.4 Å². The van der Waals surface area contributed by atoms with Crippen LogP contribution < -0.4 is 10.6 Å². The summed E-state index contributed by atoms with van der Waals surface area (Å²) in [6.07, 6.45) is 0.418. The highest BCUT2D eigenvalue weighted by molar-refractivity contribution is 5.96. The molecule has 1 rings (SSSR count). The number of nitrogens with one attached hydrogen (secondary N) is 2. The number of benzene rings is 1. The number of urea groups is 1. The van der Waals surface area contributed by atoms with E-state index in [0.29, 0.717) is 24.2 Å². The fraction of sp³-hybridized carbons (Fsp3) is 0.438. The van der Waals surface area contributed by atoms with Crippen LogP contribution in [0.3, 0.4) is 0 Å². The number of amides is 3. The Hall–Kier alpha value is -2.57. The first-order chi connectivity index (χ1) is 10.8. The van der Waals surface area contributed by atoms with Crippen molar-refractivity contribution in [3.05, 3.63) is 29.8 Å². The molecule has 0 saturated heterocycles. The average molecular weight is 321 g/mol. The van der Waals surface area contributed by atoms with Crippen molar-refractivity contribution >= 4 is 23.6 Å². The Morgan fingerprint density at radius 2 is 1.96 bits per heavy atom. The maximum atomic E-state index is 12.3. The van der Waals surface area contributed by atoms with Crippen molar-refractivity contribution in [3.8, 4) is 0 Å². The molecule has 7 heteroatoms. The summed E-state index contributed by atoms with van der Waals surface area (Å²) in [5.41, 5.74) is 0.957. The van der Waals surface area contributed by atoms with E-state index in [1.165, 1.54) is 4.90 Å². The number of carboxylic acid groups (broad SMARTS) is 1. The van der Waals surface area contributed by atoms with Crippen LogP contribution in [0.15, 0.2) is 24.3 Å². The molecule has 0 fully saturated rings. The zero-order valence-corrected chi connectivity index (χ0v) is 13.6. The lowest BCUT2D eigenvalue weighted by atomic mass is 10.1. The Labute approximate surface area is 135 Å². The summed E-state index contributed by atoms with van der Waals surface area (Å²) in [6.45, 7) is 4.06. The van der Waals surface area contributed by atoms with Gasteiger partial charge < -0.3 is 20.6 Å². The van der Waals surface area contributed by atoms with Crippen LogP contribution in [0, 0.1) is 0 Å². The van der Waals surface area contributed by atoms with Gasteiger partial charge in [-0.25, -0.2) is 4.79 Å². The molecule has 0 aromatic heterocycles. The summed E-state index contributed by atoms with van der Waals surface area (Å²) < 4.78 is 0. The fourth-order valence-electron chi connectivity index (χ4n) is 1.95. The van der Waals surface area contributed by atoms with Crippen molar-refractivity contribution in [2.75, 3.05) is 18.9 Å². The summed E-state index contributed by atoms with van der Waals surface area (Å²) in [4.78, 5) is 35.9. The minimum atomic E-state index is -0.881. The van der Waals surface area contributed by atoms with Crippen molar-refractivity contribution < 1.29 is 19.5 Å². The minimum absolute atomic E-state index is 0.0141. The van der Waals surface area contributed by atoms with Crippen LogP contribution in [0.1, 0.15) is 37.0 Å². The second kappa shape index (κ2) is 8.77. The second-order valence-electron chi connectivity index (χ2n) is 5.56. The summed E-state index contributed by atoms with van der Waals surface area (Å²) in [5.74, 6) is -1.10. The largest absolute Gasteiger partial charge is 0.481 e. The Balaban J connectivity index is 2.65. The van der Waals surface area contributed by atoms with Gasteiger partial charge in [-0.1, -0.05) is 6.07 Å². The first-order valence-electron chi connectivity index (χ1n) is 7.44. The van der Waals surface area contributed by atoms with Crippen LogP contribution in [0.2, 0.25) is 0 Å². The predicted octanol–water partition coefficient (Wildman–Crippen LogP) is 2.15. The maximum Gasteiger partial charge on any atom is 0.319 e. The van der Waals surface area contributed by atoms with Gasteiger partial charge in [-0.15, -0.1) is 0 Å². The van der Waals surface area contributed by atoms with E-state index in [0.717, 1.165) is 0 Å². The molecule has 126 valence electrons. The number of nitrogens with zero attached hydrogens (tertiary/aromatic N) is 1. The van der Waals surface area contributed by atoms with Gasteiger partial charge in [-0.2, -0.15) is 0 Å². The number of hydrogen-bond donors (Lipinski definition) is 3. The molecule has 0 heterocycles. The van der Waals surface area contributed by atoms with Crippen LogP contribution in [-0.2, 0) is 4.79 Å². The van der Waals surface area contributed by atoms with Gasteiger partial charge in [0.15, 0.2) is 0 Å². The summed E-state index contributed by atoms with van der Waals surface area (Å²) in [7, 11) is 1.62. The lowest BCUT2D eigenvalue weighted by Crippen LogP contribution is -2.34. The predicted molar refractivity (Wildman–Crippen MR) is 87.6 cm³/mol. The number of anilines is 1. The van der Waals surface area contributed by atoms with Gasteiger partial charge in [0.05, 0.1) is 0 Å². The highest BCUT2D eigenvalue weighted by atomic mass is 16.4. The van der Waals surface area contributed by atoms with E-state index in [1.807, 2.05) is 13.8 Å². The van der Waals surface area contributed by atoms with Gasteiger partial charge in [-0.05, 0) is 38.5 Å². The van der Waals surface area contributed by atoms with Crippen LogP contribution in [0.4, 0.5) is 10.5 Å². The molecule has 0 unspecified atom stereocenters. The van der Waals surface area contributed by atoms with Crippen molar-refractivity contribution in [3.63, 3.8) is 0 Å². The highest BCUT2D eigenvalue weighted by Crippen LogP contribution is 2.13. The number of aliphatic carboxylic acids is 1. The first kappa shape index (κ1) is 18.5. The van der Waals surface area contributed by atoms with Crippen LogP contribution in [0.25, 0.3) is 0 Å². The quantitative estimate of drug-likeness (QED) is 0.716. The van der Waals surface area contributed by atoms with E-state index in [1.54, 1.807) is 31.3 Å². The SMILES string of the molecule is CC(C)NC(=O)Nc1cccc(C(=O)N(C)CCCC(=O)O)c1. The standard InChI is InChI=1S/C16H23N3O4/c1-11(2)17-16(23)18-13-7-4-6-12(10-13)15(22)19(3)9-5-8-14(20)21/h4,6-7,10-11H,5,8-9H2,1-3H3,(H,20,21)(H2,17,18,23). The lowest BCUT2D eigenvalue weighted by Gasteiger charge is -2.17. The fourth-order valence-corrected chi connectivity index (χ4v) is 1.95. The number of rotatable bonds is 7. The first-order valence-corrected chi connectivity index (χ1v) is 7.44.